The van der Waals surface area contributed by atoms with Gasteiger partial charge < -0.3 is 4.74 Å². The average Bonchev–Trinajstić information content (AvgIpc) is 2.47. The van der Waals surface area contributed by atoms with Gasteiger partial charge in [0.05, 0.1) is 12.8 Å². The van der Waals surface area contributed by atoms with Crippen molar-refractivity contribution in [1.82, 2.24) is 19.1 Å². The highest BCUT2D eigenvalue weighted by molar-refractivity contribution is 5.95. The summed E-state index contributed by atoms with van der Waals surface area (Å²) in [5, 5.41) is 0. The molecular weight excluding hydrogens is 264 g/mol. The van der Waals surface area contributed by atoms with Gasteiger partial charge in [0.1, 0.15) is 5.69 Å². The highest BCUT2D eigenvalue weighted by Crippen LogP contribution is 2.04. The minimum atomic E-state index is -0.572. The molecule has 8 heteroatoms. The van der Waals surface area contributed by atoms with Crippen LogP contribution in [0.25, 0.3) is 11.2 Å². The lowest BCUT2D eigenvalue weighted by Gasteiger charge is -2.06. The molecule has 0 saturated heterocycles. The van der Waals surface area contributed by atoms with Crippen LogP contribution in [0.4, 0.5) is 0 Å². The number of ether oxygens (including phenoxy) is 1. The Bertz CT molecular complexity index is 790. The Morgan fingerprint density at radius 2 is 2.00 bits per heavy atom. The van der Waals surface area contributed by atoms with E-state index >= 15 is 0 Å². The Kier molecular flexibility index (Phi) is 3.75. The van der Waals surface area contributed by atoms with Crippen LogP contribution in [0.3, 0.4) is 0 Å². The molecule has 0 unspecified atom stereocenters. The first-order valence-corrected chi connectivity index (χ1v) is 5.92. The topological polar surface area (TPSA) is 96.1 Å². The van der Waals surface area contributed by atoms with Gasteiger partial charge in [-0.15, -0.1) is 0 Å². The molecule has 0 aliphatic rings. The molecule has 0 spiro atoms. The average molecular weight is 278 g/mol. The van der Waals surface area contributed by atoms with E-state index in [1.54, 1.807) is 0 Å². The molecule has 2 aromatic rings. The lowest BCUT2D eigenvalue weighted by molar-refractivity contribution is 0.0927. The van der Waals surface area contributed by atoms with Crippen LogP contribution < -0.4 is 11.2 Å². The summed E-state index contributed by atoms with van der Waals surface area (Å²) < 4.78 is 6.97. The third-order valence-corrected chi connectivity index (χ3v) is 2.97. The summed E-state index contributed by atoms with van der Waals surface area (Å²) in [6.07, 6.45) is 1.42. The van der Waals surface area contributed by atoms with E-state index < -0.39 is 11.2 Å². The number of Topliss-reactive ketones (excluding diaryl/α,β-unsaturated/α-hetero) is 1. The van der Waals surface area contributed by atoms with Gasteiger partial charge in [-0.2, -0.15) is 0 Å². The SMILES string of the molecule is COCCC(=O)c1cnc2c(n1)c(=O)n(C)c(=O)n2C. The summed E-state index contributed by atoms with van der Waals surface area (Å²) in [5.74, 6) is -0.267. The minimum Gasteiger partial charge on any atom is -0.384 e. The van der Waals surface area contributed by atoms with Crippen LogP contribution in [0.1, 0.15) is 16.9 Å². The zero-order chi connectivity index (χ0) is 14.9. The Hall–Kier alpha value is -2.35. The van der Waals surface area contributed by atoms with Crippen molar-refractivity contribution in [2.24, 2.45) is 14.1 Å². The van der Waals surface area contributed by atoms with Crippen molar-refractivity contribution >= 4 is 16.9 Å². The van der Waals surface area contributed by atoms with Crippen LogP contribution in [-0.2, 0) is 18.8 Å². The molecule has 106 valence electrons. The number of carbonyl (C=O) groups is 1. The second kappa shape index (κ2) is 5.33. The largest absolute Gasteiger partial charge is 0.384 e. The lowest BCUT2D eigenvalue weighted by Crippen LogP contribution is -2.38. The molecule has 0 bridgehead atoms. The van der Waals surface area contributed by atoms with Gasteiger partial charge in [0.25, 0.3) is 5.56 Å². The van der Waals surface area contributed by atoms with E-state index in [0.717, 1.165) is 4.57 Å². The molecule has 0 fully saturated rings. The highest BCUT2D eigenvalue weighted by atomic mass is 16.5. The van der Waals surface area contributed by atoms with Crippen LogP contribution in [0, 0.1) is 0 Å². The number of hydrogen-bond acceptors (Lipinski definition) is 6. The summed E-state index contributed by atoms with van der Waals surface area (Å²) >= 11 is 0. The minimum absolute atomic E-state index is 0.00198. The summed E-state index contributed by atoms with van der Waals surface area (Å²) in [5.41, 5.74) is -0.822. The highest BCUT2D eigenvalue weighted by Gasteiger charge is 2.14. The van der Waals surface area contributed by atoms with Crippen molar-refractivity contribution in [1.29, 1.82) is 0 Å². The fraction of sp³-hybridized carbons (Fsp3) is 0.417. The maximum absolute atomic E-state index is 12.0. The van der Waals surface area contributed by atoms with E-state index in [4.69, 9.17) is 4.74 Å². The number of nitrogens with zero attached hydrogens (tertiary/aromatic N) is 4. The van der Waals surface area contributed by atoms with Crippen LogP contribution in [0.15, 0.2) is 15.8 Å². The Morgan fingerprint density at radius 1 is 1.30 bits per heavy atom. The fourth-order valence-corrected chi connectivity index (χ4v) is 1.79. The van der Waals surface area contributed by atoms with Gasteiger partial charge >= 0.3 is 5.69 Å². The quantitative estimate of drug-likeness (QED) is 0.682. The van der Waals surface area contributed by atoms with Crippen molar-refractivity contribution in [2.45, 2.75) is 6.42 Å². The first-order valence-electron chi connectivity index (χ1n) is 5.92. The van der Waals surface area contributed by atoms with Crippen molar-refractivity contribution < 1.29 is 9.53 Å². The number of methoxy groups -OCH3 is 1. The molecular formula is C12H14N4O4. The van der Waals surface area contributed by atoms with Gasteiger partial charge in [0.2, 0.25) is 0 Å². The maximum Gasteiger partial charge on any atom is 0.332 e. The van der Waals surface area contributed by atoms with Crippen molar-refractivity contribution in [3.05, 3.63) is 32.7 Å². The molecule has 0 aliphatic heterocycles. The van der Waals surface area contributed by atoms with Crippen LogP contribution in [0.5, 0.6) is 0 Å². The van der Waals surface area contributed by atoms with E-state index in [9.17, 15) is 14.4 Å². The lowest BCUT2D eigenvalue weighted by atomic mass is 10.2. The second-order valence-corrected chi connectivity index (χ2v) is 4.30. The number of hydrogen-bond donors (Lipinski definition) is 0. The summed E-state index contributed by atoms with van der Waals surface area (Å²) in [4.78, 5) is 43.6. The number of aryl methyl sites for hydroxylation is 1. The maximum atomic E-state index is 12.0. The smallest absolute Gasteiger partial charge is 0.332 e. The van der Waals surface area contributed by atoms with E-state index in [-0.39, 0.29) is 35.7 Å². The van der Waals surface area contributed by atoms with E-state index in [1.165, 1.54) is 32.0 Å². The molecule has 20 heavy (non-hydrogen) atoms. The summed E-state index contributed by atoms with van der Waals surface area (Å²) in [6, 6.07) is 0. The van der Waals surface area contributed by atoms with Crippen molar-refractivity contribution in [2.75, 3.05) is 13.7 Å². The van der Waals surface area contributed by atoms with Gasteiger partial charge in [0.15, 0.2) is 16.9 Å². The normalized spacial score (nSPS) is 10.9. The van der Waals surface area contributed by atoms with E-state index in [1.807, 2.05) is 0 Å². The fourth-order valence-electron chi connectivity index (χ4n) is 1.79. The van der Waals surface area contributed by atoms with Crippen LogP contribution in [-0.4, -0.2) is 38.6 Å². The summed E-state index contributed by atoms with van der Waals surface area (Å²) in [7, 11) is 4.33. The number of ketones is 1. The molecule has 2 heterocycles. The number of aromatic nitrogens is 4. The third-order valence-electron chi connectivity index (χ3n) is 2.97. The zero-order valence-electron chi connectivity index (χ0n) is 11.4. The Morgan fingerprint density at radius 3 is 2.65 bits per heavy atom. The molecule has 0 N–H and O–H groups in total. The molecule has 0 atom stereocenters. The predicted molar refractivity (Wildman–Crippen MR) is 70.8 cm³/mol. The summed E-state index contributed by atoms with van der Waals surface area (Å²) in [6.45, 7) is 0.268. The molecule has 0 amide bonds. The van der Waals surface area contributed by atoms with E-state index in [2.05, 4.69) is 9.97 Å². The van der Waals surface area contributed by atoms with Crippen LogP contribution >= 0.6 is 0 Å². The van der Waals surface area contributed by atoms with Crippen molar-refractivity contribution in [3.63, 3.8) is 0 Å². The van der Waals surface area contributed by atoms with E-state index in [0.29, 0.717) is 0 Å². The predicted octanol–water partition coefficient (Wildman–Crippen LogP) is -0.754. The number of rotatable bonds is 4. The van der Waals surface area contributed by atoms with Crippen molar-refractivity contribution in [3.8, 4) is 0 Å². The Labute approximate surface area is 113 Å². The first-order chi connectivity index (χ1) is 9.47. The van der Waals surface area contributed by atoms with Gasteiger partial charge in [-0.3, -0.25) is 18.7 Å². The standard InChI is InChI=1S/C12H14N4O4/c1-15-10-9(11(18)16(2)12(15)19)14-7(6-13-10)8(17)4-5-20-3/h6H,4-5H2,1-3H3. The molecule has 0 aliphatic carbocycles. The number of carbonyl (C=O) groups excluding carboxylic acids is 1. The molecule has 8 nitrogen and oxygen atoms in total. The molecule has 0 radical (unpaired) electrons. The zero-order valence-corrected chi connectivity index (χ0v) is 11.4. The molecule has 2 aromatic heterocycles. The monoisotopic (exact) mass is 278 g/mol. The van der Waals surface area contributed by atoms with Gasteiger partial charge in [-0.05, 0) is 0 Å². The van der Waals surface area contributed by atoms with Crippen LogP contribution in [0.2, 0.25) is 0 Å². The van der Waals surface area contributed by atoms with Gasteiger partial charge in [-0.1, -0.05) is 0 Å². The van der Waals surface area contributed by atoms with Gasteiger partial charge in [-0.25, -0.2) is 14.8 Å². The second-order valence-electron chi connectivity index (χ2n) is 4.30. The Balaban J connectivity index is 2.63. The molecule has 2 rings (SSSR count). The number of fused-ring (bicyclic) bond motifs is 1. The molecule has 0 saturated carbocycles. The first kappa shape index (κ1) is 14.1. The molecule has 0 aromatic carbocycles. The third kappa shape index (κ3) is 2.25. The van der Waals surface area contributed by atoms with Gasteiger partial charge in [0, 0.05) is 27.6 Å².